The molecule has 1 N–H and O–H groups in total. The van der Waals surface area contributed by atoms with Gasteiger partial charge in [0.2, 0.25) is 6.79 Å². The quantitative estimate of drug-likeness (QED) is 0.296. The molecule has 174 valence electrons. The number of nitrogens with zero attached hydrogens (tertiary/aromatic N) is 3. The molecule has 0 spiro atoms. The summed E-state index contributed by atoms with van der Waals surface area (Å²) in [4.78, 5) is 23.3. The lowest BCUT2D eigenvalue weighted by molar-refractivity contribution is -0.384. The Morgan fingerprint density at radius 3 is 2.53 bits per heavy atom. The lowest BCUT2D eigenvalue weighted by Gasteiger charge is -2.23. The van der Waals surface area contributed by atoms with Gasteiger partial charge in [-0.15, -0.1) is 0 Å². The van der Waals surface area contributed by atoms with Crippen LogP contribution in [0.15, 0.2) is 82.8 Å². The van der Waals surface area contributed by atoms with Crippen LogP contribution in [0.25, 0.3) is 0 Å². The standard InChI is InChI=1S/C22H18N4O7S/c27-22(24-23-13-16-10-11-20-21(12-16)33-15-32-20)14-25(18-8-4-5-9-19(18)26(28)29)34(30,31)17-6-2-1-3-7-17/h1-13H,14-15H2,(H,24,27)/b23-13-. The number of benzene rings is 3. The maximum absolute atomic E-state index is 13.3. The number of nitrogens with one attached hydrogen (secondary N) is 1. The minimum absolute atomic E-state index is 0.115. The fourth-order valence-electron chi connectivity index (χ4n) is 3.19. The first-order chi connectivity index (χ1) is 16.4. The van der Waals surface area contributed by atoms with Crippen molar-refractivity contribution >= 4 is 33.5 Å². The van der Waals surface area contributed by atoms with Crippen molar-refractivity contribution < 1.29 is 27.6 Å². The van der Waals surface area contributed by atoms with E-state index in [0.29, 0.717) is 21.4 Å². The highest BCUT2D eigenvalue weighted by atomic mass is 32.2. The largest absolute Gasteiger partial charge is 0.454 e. The molecule has 11 nitrogen and oxygen atoms in total. The van der Waals surface area contributed by atoms with Crippen LogP contribution in [0, 0.1) is 10.1 Å². The van der Waals surface area contributed by atoms with Gasteiger partial charge in [-0.1, -0.05) is 30.3 Å². The fourth-order valence-corrected chi connectivity index (χ4v) is 4.64. The molecule has 0 radical (unpaired) electrons. The number of para-hydroxylation sites is 2. The maximum atomic E-state index is 13.3. The minimum atomic E-state index is -4.30. The second-order valence-corrected chi connectivity index (χ2v) is 8.84. The van der Waals surface area contributed by atoms with Gasteiger partial charge in [0, 0.05) is 6.07 Å². The third-order valence-corrected chi connectivity index (χ3v) is 6.54. The van der Waals surface area contributed by atoms with Crippen molar-refractivity contribution in [3.63, 3.8) is 0 Å². The monoisotopic (exact) mass is 482 g/mol. The van der Waals surface area contributed by atoms with Crippen LogP contribution in [0.2, 0.25) is 0 Å². The molecule has 0 unspecified atom stereocenters. The first kappa shape index (κ1) is 22.7. The molecule has 12 heteroatoms. The van der Waals surface area contributed by atoms with Gasteiger partial charge in [0.15, 0.2) is 11.5 Å². The molecule has 0 saturated carbocycles. The molecule has 0 aromatic heterocycles. The van der Waals surface area contributed by atoms with Crippen LogP contribution in [-0.2, 0) is 14.8 Å². The van der Waals surface area contributed by atoms with Gasteiger partial charge in [0.25, 0.3) is 21.6 Å². The van der Waals surface area contributed by atoms with E-state index < -0.39 is 33.1 Å². The molecule has 0 fully saturated rings. The van der Waals surface area contributed by atoms with Gasteiger partial charge in [-0.2, -0.15) is 5.10 Å². The minimum Gasteiger partial charge on any atom is -0.454 e. The highest BCUT2D eigenvalue weighted by Gasteiger charge is 2.31. The number of fused-ring (bicyclic) bond motifs is 1. The molecule has 3 aromatic rings. The van der Waals surface area contributed by atoms with Crippen LogP contribution in [-0.4, -0.2) is 38.8 Å². The van der Waals surface area contributed by atoms with E-state index in [4.69, 9.17) is 9.47 Å². The average Bonchev–Trinajstić information content (AvgIpc) is 3.31. The van der Waals surface area contributed by atoms with Crippen LogP contribution in [0.1, 0.15) is 5.56 Å². The number of amides is 1. The summed E-state index contributed by atoms with van der Waals surface area (Å²) < 4.78 is 37.8. The summed E-state index contributed by atoms with van der Waals surface area (Å²) in [5.74, 6) is 0.328. The highest BCUT2D eigenvalue weighted by Crippen LogP contribution is 2.33. The maximum Gasteiger partial charge on any atom is 0.293 e. The summed E-state index contributed by atoms with van der Waals surface area (Å²) in [5.41, 5.74) is 2.16. The van der Waals surface area contributed by atoms with Crippen LogP contribution in [0.5, 0.6) is 11.5 Å². The first-order valence-corrected chi connectivity index (χ1v) is 11.3. The van der Waals surface area contributed by atoms with Gasteiger partial charge in [0.05, 0.1) is 16.0 Å². The van der Waals surface area contributed by atoms with Crippen molar-refractivity contribution in [1.82, 2.24) is 5.43 Å². The van der Waals surface area contributed by atoms with Gasteiger partial charge in [-0.05, 0) is 42.0 Å². The molecule has 0 bridgehead atoms. The molecule has 0 atom stereocenters. The highest BCUT2D eigenvalue weighted by molar-refractivity contribution is 7.92. The predicted molar refractivity (Wildman–Crippen MR) is 122 cm³/mol. The van der Waals surface area contributed by atoms with Crippen molar-refractivity contribution in [2.45, 2.75) is 4.90 Å². The molecule has 3 aromatic carbocycles. The number of nitro benzene ring substituents is 1. The number of ether oxygens (including phenoxy) is 2. The third kappa shape index (κ3) is 4.81. The van der Waals surface area contributed by atoms with E-state index in [1.165, 1.54) is 54.7 Å². The SMILES string of the molecule is O=C(CN(c1ccccc1[N+](=O)[O-])S(=O)(=O)c1ccccc1)N/N=C\c1ccc2c(c1)OCO2. The molecule has 1 aliphatic heterocycles. The smallest absolute Gasteiger partial charge is 0.293 e. The number of rotatable bonds is 8. The van der Waals surface area contributed by atoms with Crippen LogP contribution >= 0.6 is 0 Å². The molecule has 0 aliphatic carbocycles. The van der Waals surface area contributed by atoms with Crippen molar-refractivity contribution in [1.29, 1.82) is 0 Å². The van der Waals surface area contributed by atoms with E-state index in [1.807, 2.05) is 0 Å². The zero-order valence-corrected chi connectivity index (χ0v) is 18.3. The fraction of sp³-hybridized carbons (Fsp3) is 0.0909. The molecule has 1 aliphatic rings. The molecule has 1 amide bonds. The van der Waals surface area contributed by atoms with Gasteiger partial charge in [0.1, 0.15) is 12.2 Å². The number of carbonyl (C=O) groups is 1. The van der Waals surface area contributed by atoms with Crippen LogP contribution in [0.4, 0.5) is 11.4 Å². The zero-order chi connectivity index (χ0) is 24.1. The molecular formula is C22H18N4O7S. The Balaban J connectivity index is 1.58. The Hall–Kier alpha value is -4.45. The number of sulfonamides is 1. The van der Waals surface area contributed by atoms with E-state index in [-0.39, 0.29) is 17.4 Å². The summed E-state index contributed by atoms with van der Waals surface area (Å²) in [6.07, 6.45) is 1.35. The summed E-state index contributed by atoms with van der Waals surface area (Å²) in [5, 5.41) is 15.4. The molecule has 0 saturated heterocycles. The van der Waals surface area contributed by atoms with Gasteiger partial charge in [-0.3, -0.25) is 14.9 Å². The Morgan fingerprint density at radius 2 is 1.76 bits per heavy atom. The summed E-state index contributed by atoms with van der Waals surface area (Å²) >= 11 is 0. The van der Waals surface area contributed by atoms with Crippen molar-refractivity contribution in [2.24, 2.45) is 5.10 Å². The lowest BCUT2D eigenvalue weighted by atomic mass is 10.2. The predicted octanol–water partition coefficient (Wildman–Crippen LogP) is 2.67. The first-order valence-electron chi connectivity index (χ1n) is 9.89. The number of hydrogen-bond donors (Lipinski definition) is 1. The molecule has 34 heavy (non-hydrogen) atoms. The topological polar surface area (TPSA) is 140 Å². The van der Waals surface area contributed by atoms with E-state index >= 15 is 0 Å². The van der Waals surface area contributed by atoms with Crippen molar-refractivity contribution in [2.75, 3.05) is 17.6 Å². The van der Waals surface area contributed by atoms with Gasteiger partial charge < -0.3 is 9.47 Å². The number of carbonyl (C=O) groups excluding carboxylic acids is 1. The number of hydrazone groups is 1. The van der Waals surface area contributed by atoms with E-state index in [0.717, 1.165) is 0 Å². The average molecular weight is 482 g/mol. The second-order valence-electron chi connectivity index (χ2n) is 6.98. The molecule has 1 heterocycles. The summed E-state index contributed by atoms with van der Waals surface area (Å²) in [7, 11) is -4.30. The van der Waals surface area contributed by atoms with Crippen molar-refractivity contribution in [3.8, 4) is 11.5 Å². The third-order valence-electron chi connectivity index (χ3n) is 4.77. The Labute approximate surface area is 194 Å². The molecule has 4 rings (SSSR count). The summed E-state index contributed by atoms with van der Waals surface area (Å²) in [6, 6.07) is 17.7. The Kier molecular flexibility index (Phi) is 6.41. The number of anilines is 1. The number of hydrogen-bond acceptors (Lipinski definition) is 8. The van der Waals surface area contributed by atoms with E-state index in [9.17, 15) is 23.3 Å². The molecular weight excluding hydrogens is 464 g/mol. The van der Waals surface area contributed by atoms with E-state index in [2.05, 4.69) is 10.5 Å². The van der Waals surface area contributed by atoms with Gasteiger partial charge >= 0.3 is 0 Å². The number of nitro groups is 1. The lowest BCUT2D eigenvalue weighted by Crippen LogP contribution is -2.39. The van der Waals surface area contributed by atoms with Crippen LogP contribution < -0.4 is 19.2 Å². The van der Waals surface area contributed by atoms with Crippen molar-refractivity contribution in [3.05, 3.63) is 88.5 Å². The van der Waals surface area contributed by atoms with E-state index in [1.54, 1.807) is 24.3 Å². The van der Waals surface area contributed by atoms with Crippen LogP contribution in [0.3, 0.4) is 0 Å². The normalized spacial score (nSPS) is 12.5. The second kappa shape index (κ2) is 9.58. The van der Waals surface area contributed by atoms with Gasteiger partial charge in [-0.25, -0.2) is 18.1 Å². The Bertz CT molecular complexity index is 1360. The Morgan fingerprint density at radius 1 is 1.06 bits per heavy atom. The summed E-state index contributed by atoms with van der Waals surface area (Å²) in [6.45, 7) is -0.620. The zero-order valence-electron chi connectivity index (χ0n) is 17.5.